The van der Waals surface area contributed by atoms with Crippen LogP contribution in [-0.4, -0.2) is 23.9 Å². The minimum Gasteiger partial charge on any atom is -0.497 e. The highest BCUT2D eigenvalue weighted by molar-refractivity contribution is 7.13. The molecule has 0 spiro atoms. The van der Waals surface area contributed by atoms with Crippen molar-refractivity contribution in [3.05, 3.63) is 65.2 Å². The fourth-order valence-corrected chi connectivity index (χ4v) is 3.67. The minimum absolute atomic E-state index is 0.0141. The number of carbonyl (C=O) groups excluding carboxylic acids is 2. The van der Waals surface area contributed by atoms with Crippen molar-refractivity contribution in [3.63, 3.8) is 0 Å². The van der Waals surface area contributed by atoms with Crippen LogP contribution in [0.5, 0.6) is 5.75 Å². The molecule has 30 heavy (non-hydrogen) atoms. The molecule has 0 fully saturated rings. The Morgan fingerprint density at radius 2 is 1.90 bits per heavy atom. The second kappa shape index (κ2) is 10.0. The molecule has 0 bridgehead atoms. The molecule has 0 unspecified atom stereocenters. The van der Waals surface area contributed by atoms with Gasteiger partial charge < -0.3 is 15.4 Å². The Morgan fingerprint density at radius 3 is 2.60 bits per heavy atom. The van der Waals surface area contributed by atoms with Crippen molar-refractivity contribution in [3.8, 4) is 16.3 Å². The van der Waals surface area contributed by atoms with Gasteiger partial charge in [0.1, 0.15) is 16.5 Å². The number of benzene rings is 2. The quantitative estimate of drug-likeness (QED) is 0.549. The van der Waals surface area contributed by atoms with Crippen LogP contribution in [0.15, 0.2) is 53.9 Å². The maximum Gasteiger partial charge on any atom is 0.271 e. The molecular weight excluding hydrogens is 398 g/mol. The number of hydrogen-bond acceptors (Lipinski definition) is 5. The van der Waals surface area contributed by atoms with Crippen molar-refractivity contribution < 1.29 is 14.3 Å². The lowest BCUT2D eigenvalue weighted by molar-refractivity contribution is -0.116. The molecule has 156 valence electrons. The molecule has 2 N–H and O–H groups in total. The van der Waals surface area contributed by atoms with Crippen molar-refractivity contribution >= 4 is 28.8 Å². The van der Waals surface area contributed by atoms with Crippen molar-refractivity contribution in [1.82, 2.24) is 10.3 Å². The highest BCUT2D eigenvalue weighted by Gasteiger charge is 2.12. The molecule has 1 aromatic heterocycles. The molecule has 0 saturated heterocycles. The number of hydrogen-bond donors (Lipinski definition) is 2. The Hall–Kier alpha value is -3.19. The number of amides is 2. The van der Waals surface area contributed by atoms with E-state index in [1.165, 1.54) is 11.3 Å². The van der Waals surface area contributed by atoms with Crippen LogP contribution >= 0.6 is 11.3 Å². The first-order valence-electron chi connectivity index (χ1n) is 9.71. The van der Waals surface area contributed by atoms with Gasteiger partial charge in [-0.1, -0.05) is 26.0 Å². The minimum atomic E-state index is -0.236. The van der Waals surface area contributed by atoms with E-state index in [2.05, 4.69) is 15.6 Å². The van der Waals surface area contributed by atoms with Gasteiger partial charge in [-0.15, -0.1) is 11.3 Å². The summed E-state index contributed by atoms with van der Waals surface area (Å²) in [5, 5.41) is 8.30. The third-order valence-corrected chi connectivity index (χ3v) is 5.22. The predicted octanol–water partition coefficient (Wildman–Crippen LogP) is 4.73. The molecule has 0 atom stereocenters. The molecule has 0 aliphatic heterocycles. The monoisotopic (exact) mass is 423 g/mol. The van der Waals surface area contributed by atoms with Gasteiger partial charge in [0.2, 0.25) is 5.91 Å². The van der Waals surface area contributed by atoms with E-state index in [0.29, 0.717) is 24.6 Å². The summed E-state index contributed by atoms with van der Waals surface area (Å²) in [7, 11) is 1.62. The zero-order valence-electron chi connectivity index (χ0n) is 17.3. The number of methoxy groups -OCH3 is 1. The molecule has 1 heterocycles. The smallest absolute Gasteiger partial charge is 0.271 e. The third kappa shape index (κ3) is 5.90. The molecule has 0 aliphatic rings. The lowest BCUT2D eigenvalue weighted by Gasteiger charge is -2.09. The zero-order valence-corrected chi connectivity index (χ0v) is 18.1. The zero-order chi connectivity index (χ0) is 21.5. The fraction of sp³-hybridized carbons (Fsp3) is 0.261. The second-order valence-corrected chi connectivity index (χ2v) is 8.15. The highest BCUT2D eigenvalue weighted by Crippen LogP contribution is 2.25. The van der Waals surface area contributed by atoms with E-state index in [4.69, 9.17) is 4.74 Å². The lowest BCUT2D eigenvalue weighted by Crippen LogP contribution is -2.23. The molecule has 0 radical (unpaired) electrons. The number of carbonyl (C=O) groups is 2. The van der Waals surface area contributed by atoms with E-state index in [1.54, 1.807) is 12.5 Å². The van der Waals surface area contributed by atoms with E-state index >= 15 is 0 Å². The Kier molecular flexibility index (Phi) is 7.19. The summed E-state index contributed by atoms with van der Waals surface area (Å²) in [6, 6.07) is 15.0. The molecule has 0 aliphatic carbocycles. The normalized spacial score (nSPS) is 10.7. The molecule has 3 rings (SSSR count). The Labute approximate surface area is 180 Å². The van der Waals surface area contributed by atoms with Gasteiger partial charge in [-0.3, -0.25) is 9.59 Å². The van der Waals surface area contributed by atoms with E-state index < -0.39 is 0 Å². The van der Waals surface area contributed by atoms with Gasteiger partial charge in [0, 0.05) is 29.6 Å². The number of nitrogens with zero attached hydrogens (tertiary/aromatic N) is 1. The van der Waals surface area contributed by atoms with E-state index in [1.807, 2.05) is 62.4 Å². The molecule has 2 amide bonds. The SMILES string of the molecule is COc1ccc(-c2nc(C(=O)NCc3cccc(NC(=O)CC(C)C)c3)cs2)cc1. The van der Waals surface area contributed by atoms with Crippen LogP contribution in [0, 0.1) is 5.92 Å². The standard InChI is InChI=1S/C23H25N3O3S/c1-15(2)11-21(27)25-18-6-4-5-16(12-18)13-24-22(28)20-14-30-23(26-20)17-7-9-19(29-3)10-8-17/h4-10,12,14-15H,11,13H2,1-3H3,(H,24,28)(H,25,27). The maximum absolute atomic E-state index is 12.5. The number of rotatable bonds is 8. The first-order chi connectivity index (χ1) is 14.4. The first kappa shape index (κ1) is 21.5. The van der Waals surface area contributed by atoms with Crippen molar-refractivity contribution in [1.29, 1.82) is 0 Å². The topological polar surface area (TPSA) is 80.3 Å². The highest BCUT2D eigenvalue weighted by atomic mass is 32.1. The van der Waals surface area contributed by atoms with Crippen molar-refractivity contribution in [2.75, 3.05) is 12.4 Å². The van der Waals surface area contributed by atoms with Crippen molar-refractivity contribution in [2.24, 2.45) is 5.92 Å². The molecule has 6 nitrogen and oxygen atoms in total. The van der Waals surface area contributed by atoms with Crippen LogP contribution in [0.25, 0.3) is 10.6 Å². The number of nitrogens with one attached hydrogen (secondary N) is 2. The van der Waals surface area contributed by atoms with Gasteiger partial charge in [0.15, 0.2) is 0 Å². The number of ether oxygens (including phenoxy) is 1. The molecule has 0 saturated carbocycles. The Morgan fingerprint density at radius 1 is 1.13 bits per heavy atom. The number of anilines is 1. The molecule has 2 aromatic carbocycles. The second-order valence-electron chi connectivity index (χ2n) is 7.30. The summed E-state index contributed by atoms with van der Waals surface area (Å²) in [5.41, 5.74) is 2.94. The average molecular weight is 424 g/mol. The van der Waals surface area contributed by atoms with Crippen LogP contribution in [-0.2, 0) is 11.3 Å². The Bertz CT molecular complexity index is 1010. The summed E-state index contributed by atoms with van der Waals surface area (Å²) in [6.45, 7) is 4.36. The predicted molar refractivity (Wildman–Crippen MR) is 120 cm³/mol. The summed E-state index contributed by atoms with van der Waals surface area (Å²) in [4.78, 5) is 28.9. The van der Waals surface area contributed by atoms with E-state index in [9.17, 15) is 9.59 Å². The van der Waals surface area contributed by atoms with Crippen molar-refractivity contribution in [2.45, 2.75) is 26.8 Å². The maximum atomic E-state index is 12.5. The summed E-state index contributed by atoms with van der Waals surface area (Å²) in [5.74, 6) is 0.823. The van der Waals surface area contributed by atoms with Crippen LogP contribution in [0.4, 0.5) is 5.69 Å². The fourth-order valence-electron chi connectivity index (χ4n) is 2.86. The summed E-state index contributed by atoms with van der Waals surface area (Å²) in [6.07, 6.45) is 0.474. The number of aromatic nitrogens is 1. The van der Waals surface area contributed by atoms with Gasteiger partial charge in [-0.05, 0) is 47.9 Å². The molecule has 7 heteroatoms. The lowest BCUT2D eigenvalue weighted by atomic mass is 10.1. The summed E-state index contributed by atoms with van der Waals surface area (Å²) < 4.78 is 5.16. The van der Waals surface area contributed by atoms with Crippen LogP contribution < -0.4 is 15.4 Å². The van der Waals surface area contributed by atoms with Gasteiger partial charge >= 0.3 is 0 Å². The Balaban J connectivity index is 1.58. The largest absolute Gasteiger partial charge is 0.497 e. The van der Waals surface area contributed by atoms with E-state index in [0.717, 1.165) is 27.6 Å². The third-order valence-electron chi connectivity index (χ3n) is 4.33. The van der Waals surface area contributed by atoms with Gasteiger partial charge in [-0.2, -0.15) is 0 Å². The van der Waals surface area contributed by atoms with Crippen LogP contribution in [0.1, 0.15) is 36.3 Å². The average Bonchev–Trinajstić information content (AvgIpc) is 3.22. The van der Waals surface area contributed by atoms with Gasteiger partial charge in [-0.25, -0.2) is 4.98 Å². The van der Waals surface area contributed by atoms with Gasteiger partial charge in [0.05, 0.1) is 7.11 Å². The summed E-state index contributed by atoms with van der Waals surface area (Å²) >= 11 is 1.42. The number of thiazole rings is 1. The van der Waals surface area contributed by atoms with Crippen LogP contribution in [0.2, 0.25) is 0 Å². The first-order valence-corrected chi connectivity index (χ1v) is 10.6. The van der Waals surface area contributed by atoms with Crippen LogP contribution in [0.3, 0.4) is 0 Å². The van der Waals surface area contributed by atoms with E-state index in [-0.39, 0.29) is 11.8 Å². The van der Waals surface area contributed by atoms with Gasteiger partial charge in [0.25, 0.3) is 5.91 Å². The molecular formula is C23H25N3O3S. The molecule has 3 aromatic rings.